The molecule has 11 atom stereocenters. The van der Waals surface area contributed by atoms with Crippen LogP contribution in [0.2, 0.25) is 0 Å². The van der Waals surface area contributed by atoms with Crippen molar-refractivity contribution in [2.24, 2.45) is 13.0 Å². The van der Waals surface area contributed by atoms with E-state index in [1.54, 1.807) is 0 Å². The molecule has 230 valence electrons. The van der Waals surface area contributed by atoms with Gasteiger partial charge in [-0.05, 0) is 6.42 Å². The second kappa shape index (κ2) is 10.6. The number of nitrogens with zero attached hydrogens (tertiary/aromatic N) is 4. The topological polar surface area (TPSA) is 321 Å². The zero-order chi connectivity index (χ0) is 30.2. The number of nitrogens with two attached hydrogens (primary N) is 1. The minimum atomic E-state index is -5.64. The summed E-state index contributed by atoms with van der Waals surface area (Å²) in [4.78, 5) is 49.2. The van der Waals surface area contributed by atoms with Crippen molar-refractivity contribution in [1.29, 1.82) is 0 Å². The molecule has 41 heavy (non-hydrogen) atoms. The maximum absolute atomic E-state index is 12.9. The highest BCUT2D eigenvalue weighted by Crippen LogP contribution is 2.59. The highest BCUT2D eigenvalue weighted by atomic mass is 31.3. The number of hydrogen-bond acceptors (Lipinski definition) is 16. The van der Waals surface area contributed by atoms with Crippen LogP contribution in [0.1, 0.15) is 12.6 Å². The molecule has 0 saturated carbocycles. The number of hydrogen-bond donors (Lipinski definition) is 9. The first-order valence-electron chi connectivity index (χ1n) is 11.9. The Kier molecular flexibility index (Phi) is 7.84. The molecule has 4 bridgehead atoms. The van der Waals surface area contributed by atoms with E-state index >= 15 is 0 Å². The summed E-state index contributed by atoms with van der Waals surface area (Å²) in [5.41, 5.74) is 4.39. The van der Waals surface area contributed by atoms with E-state index in [0.29, 0.717) is 0 Å². The molecule has 3 aliphatic rings. The van der Waals surface area contributed by atoms with Crippen molar-refractivity contribution in [3.63, 3.8) is 0 Å². The third-order valence-electron chi connectivity index (χ3n) is 7.05. The Morgan fingerprint density at radius 1 is 1.05 bits per heavy atom. The molecule has 0 aromatic carbocycles. The fraction of sp³-hybridized carbons (Fsp3) is 0.722. The lowest BCUT2D eigenvalue weighted by atomic mass is 9.83. The van der Waals surface area contributed by atoms with Gasteiger partial charge in [0.15, 0.2) is 17.4 Å². The normalized spacial score (nSPS) is 37.2. The Morgan fingerprint density at radius 3 is 2.37 bits per heavy atom. The first-order valence-corrected chi connectivity index (χ1v) is 14.9. The predicted octanol–water partition coefficient (Wildman–Crippen LogP) is -4.24. The smallest absolute Gasteiger partial charge is 0.432 e. The van der Waals surface area contributed by atoms with Gasteiger partial charge in [-0.2, -0.15) is 14.3 Å². The number of ether oxygens (including phenoxy) is 3. The minimum Gasteiger partial charge on any atom is -0.432 e. The monoisotopic (exact) mass is 631 g/mol. The van der Waals surface area contributed by atoms with Gasteiger partial charge in [-0.1, -0.05) is 0 Å². The van der Waals surface area contributed by atoms with Crippen molar-refractivity contribution in [2.45, 2.75) is 61.7 Å². The maximum atomic E-state index is 12.9. The number of nitrogen functional groups attached to an aromatic ring is 1. The molecule has 2 fully saturated rings. The molecule has 0 radical (unpaired) electrons. The lowest BCUT2D eigenvalue weighted by molar-refractivity contribution is -0.269. The number of rotatable bonds is 5. The molecule has 2 saturated heterocycles. The Labute approximate surface area is 228 Å². The van der Waals surface area contributed by atoms with Crippen molar-refractivity contribution in [1.82, 2.24) is 19.1 Å². The molecular formula is C18H27N5O16P2. The SMILES string of the molecule is Cn1c(N)nc2c(nc3n2[C@@H]2O[C@@H]([C@@H](O)[C@H]2O)[C@H](OP(=O)(O)OP(=O)(O)O)C[C@@H]2[C@H](O)[C@@H](O3)O[C@H](CO)[C@H]2O)c1=O. The number of aromatic nitrogens is 4. The summed E-state index contributed by atoms with van der Waals surface area (Å²) in [6.07, 6.45) is -16.7. The molecule has 3 aliphatic heterocycles. The second-order valence-electron chi connectivity index (χ2n) is 9.65. The van der Waals surface area contributed by atoms with Crippen molar-refractivity contribution < 1.29 is 72.4 Å². The van der Waals surface area contributed by atoms with E-state index in [1.807, 2.05) is 0 Å². The molecule has 21 nitrogen and oxygen atoms in total. The van der Waals surface area contributed by atoms with E-state index in [4.69, 9.17) is 34.3 Å². The van der Waals surface area contributed by atoms with Crippen LogP contribution < -0.4 is 16.0 Å². The van der Waals surface area contributed by atoms with Gasteiger partial charge >= 0.3 is 21.7 Å². The molecule has 2 aromatic rings. The standard InChI is InChI=1S/C18H27N5O16P2/c1-22-14(29)7-13(21-17(22)19)23-15-11(28)10(27)12(36-15)5(38-41(33,34)39-40(30,31)32)2-4-8(25)6(3-24)35-16(9(4)26)37-18(23)20-7/h4-6,8-12,15-16,24-28H,2-3H2,1H3,(H2,19,21)(H,33,34)(H2,30,31,32)/t4-,5+,6+,8-,9-,10-,11+,12+,15+,16+/m0/s1. The van der Waals surface area contributed by atoms with E-state index in [2.05, 4.69) is 14.3 Å². The average Bonchev–Trinajstić information content (AvgIpc) is 3.35. The van der Waals surface area contributed by atoms with Gasteiger partial charge in [-0.15, -0.1) is 0 Å². The fourth-order valence-electron chi connectivity index (χ4n) is 5.09. The summed E-state index contributed by atoms with van der Waals surface area (Å²) in [5, 5.41) is 53.6. The van der Waals surface area contributed by atoms with Gasteiger partial charge in [0.05, 0.1) is 18.8 Å². The van der Waals surface area contributed by atoms with Gasteiger partial charge in [0.2, 0.25) is 12.2 Å². The molecule has 1 unspecified atom stereocenters. The summed E-state index contributed by atoms with van der Waals surface area (Å²) < 4.78 is 51.4. The molecule has 0 aliphatic carbocycles. The van der Waals surface area contributed by atoms with E-state index in [1.165, 1.54) is 7.05 Å². The van der Waals surface area contributed by atoms with Crippen LogP contribution in [0.3, 0.4) is 0 Å². The second-order valence-corrected chi connectivity index (χ2v) is 12.4. The third-order valence-corrected chi connectivity index (χ3v) is 9.26. The van der Waals surface area contributed by atoms with Crippen LogP contribution in [0, 0.1) is 5.92 Å². The summed E-state index contributed by atoms with van der Waals surface area (Å²) in [5.74, 6) is -1.76. The zero-order valence-electron chi connectivity index (χ0n) is 20.8. The van der Waals surface area contributed by atoms with Crippen LogP contribution in [0.25, 0.3) is 11.2 Å². The largest absolute Gasteiger partial charge is 0.481 e. The summed E-state index contributed by atoms with van der Waals surface area (Å²) >= 11 is 0. The number of imidazole rings is 1. The number of phosphoric ester groups is 1. The van der Waals surface area contributed by atoms with Crippen LogP contribution in [-0.4, -0.2) is 115 Å². The number of aliphatic hydroxyl groups excluding tert-OH is 5. The molecule has 5 rings (SSSR count). The van der Waals surface area contributed by atoms with Crippen LogP contribution in [-0.2, 0) is 34.5 Å². The Bertz CT molecular complexity index is 1480. The van der Waals surface area contributed by atoms with Crippen LogP contribution in [0.15, 0.2) is 4.79 Å². The molecule has 2 aromatic heterocycles. The molecule has 0 spiro atoms. The van der Waals surface area contributed by atoms with Gasteiger partial charge in [0.25, 0.3) is 5.56 Å². The van der Waals surface area contributed by atoms with E-state index < -0.39 is 101 Å². The van der Waals surface area contributed by atoms with Gasteiger partial charge in [-0.3, -0.25) is 13.9 Å². The van der Waals surface area contributed by atoms with Crippen molar-refractivity contribution >= 4 is 32.8 Å². The van der Waals surface area contributed by atoms with Crippen molar-refractivity contribution in [3.8, 4) is 6.01 Å². The molecular weight excluding hydrogens is 604 g/mol. The molecule has 10 N–H and O–H groups in total. The third kappa shape index (κ3) is 5.43. The summed E-state index contributed by atoms with van der Waals surface area (Å²) in [6, 6.07) is -0.542. The quantitative estimate of drug-likeness (QED) is 0.141. The lowest BCUT2D eigenvalue weighted by Crippen LogP contribution is -2.58. The minimum absolute atomic E-state index is 0.307. The highest BCUT2D eigenvalue weighted by Gasteiger charge is 2.55. The Hall–Kier alpha value is -2.07. The van der Waals surface area contributed by atoms with E-state index in [0.717, 1.165) is 9.13 Å². The van der Waals surface area contributed by atoms with Crippen molar-refractivity contribution in [2.75, 3.05) is 12.3 Å². The number of aliphatic hydroxyl groups is 5. The fourth-order valence-corrected chi connectivity index (χ4v) is 6.87. The first-order chi connectivity index (χ1) is 19.0. The highest BCUT2D eigenvalue weighted by molar-refractivity contribution is 7.60. The van der Waals surface area contributed by atoms with Crippen LogP contribution in [0.5, 0.6) is 6.01 Å². The predicted molar refractivity (Wildman–Crippen MR) is 127 cm³/mol. The lowest BCUT2D eigenvalue weighted by Gasteiger charge is -2.43. The van der Waals surface area contributed by atoms with Crippen LogP contribution >= 0.6 is 15.6 Å². The zero-order valence-corrected chi connectivity index (χ0v) is 22.6. The average molecular weight is 631 g/mol. The maximum Gasteiger partial charge on any atom is 0.481 e. The van der Waals surface area contributed by atoms with E-state index in [-0.39, 0.29) is 17.1 Å². The summed E-state index contributed by atoms with van der Waals surface area (Å²) in [7, 11) is -9.95. The van der Waals surface area contributed by atoms with Crippen LogP contribution in [0.4, 0.5) is 5.95 Å². The first kappa shape index (κ1) is 30.4. The Morgan fingerprint density at radius 2 is 1.73 bits per heavy atom. The molecule has 23 heteroatoms. The van der Waals surface area contributed by atoms with E-state index in [9.17, 15) is 44.4 Å². The molecule has 5 heterocycles. The van der Waals surface area contributed by atoms with Gasteiger partial charge in [0.1, 0.15) is 30.5 Å². The van der Waals surface area contributed by atoms with Gasteiger partial charge < -0.3 is 60.2 Å². The molecule has 0 amide bonds. The number of fused-ring (bicyclic) bond motifs is 8. The number of anilines is 1. The number of phosphoric acid groups is 2. The summed E-state index contributed by atoms with van der Waals surface area (Å²) in [6.45, 7) is -0.811. The van der Waals surface area contributed by atoms with Gasteiger partial charge in [0, 0.05) is 13.0 Å². The van der Waals surface area contributed by atoms with Crippen molar-refractivity contribution in [3.05, 3.63) is 10.4 Å². The Balaban J connectivity index is 1.69. The van der Waals surface area contributed by atoms with Gasteiger partial charge in [-0.25, -0.2) is 13.7 Å².